The lowest BCUT2D eigenvalue weighted by Gasteiger charge is -2.20. The molecule has 1 amide bonds. The van der Waals surface area contributed by atoms with Crippen LogP contribution in [0.2, 0.25) is 0 Å². The summed E-state index contributed by atoms with van der Waals surface area (Å²) >= 11 is 5.73. The van der Waals surface area contributed by atoms with Crippen LogP contribution in [0.5, 0.6) is 0 Å². The molecule has 0 aliphatic carbocycles. The van der Waals surface area contributed by atoms with E-state index in [0.29, 0.717) is 12.4 Å². The van der Waals surface area contributed by atoms with Crippen molar-refractivity contribution in [3.05, 3.63) is 17.5 Å². The molecule has 0 aromatic carbocycles. The molecule has 90 valence electrons. The van der Waals surface area contributed by atoms with Crippen molar-refractivity contribution in [1.82, 2.24) is 15.1 Å². The Bertz CT molecular complexity index is 385. The zero-order valence-corrected chi connectivity index (χ0v) is 10.9. The van der Waals surface area contributed by atoms with E-state index in [-0.39, 0.29) is 5.91 Å². The maximum absolute atomic E-state index is 11.8. The number of carbonyl (C=O) groups excluding carboxylic acids is 1. The number of nitrogens with zero attached hydrogens (tertiary/aromatic N) is 2. The second-order valence-electron chi connectivity index (χ2n) is 4.61. The molecule has 0 aliphatic rings. The highest BCUT2D eigenvalue weighted by Gasteiger charge is 2.26. The lowest BCUT2D eigenvalue weighted by atomic mass is 9.95. The van der Waals surface area contributed by atoms with Crippen LogP contribution in [0.15, 0.2) is 6.20 Å². The molecule has 1 aromatic heterocycles. The van der Waals surface area contributed by atoms with Gasteiger partial charge in [0.1, 0.15) is 0 Å². The summed E-state index contributed by atoms with van der Waals surface area (Å²) in [4.78, 5) is 11.8. The number of aromatic nitrogens is 2. The Hall–Kier alpha value is -1.03. The van der Waals surface area contributed by atoms with Gasteiger partial charge < -0.3 is 5.32 Å². The fourth-order valence-corrected chi connectivity index (χ4v) is 1.42. The van der Waals surface area contributed by atoms with E-state index in [0.717, 1.165) is 11.3 Å². The summed E-state index contributed by atoms with van der Waals surface area (Å²) in [5.74, 6) is 0.274. The van der Waals surface area contributed by atoms with E-state index in [9.17, 15) is 4.79 Å². The quantitative estimate of drug-likeness (QED) is 0.817. The number of carbonyl (C=O) groups is 1. The predicted molar refractivity (Wildman–Crippen MR) is 64.3 cm³/mol. The van der Waals surface area contributed by atoms with Crippen molar-refractivity contribution < 1.29 is 4.79 Å². The minimum absolute atomic E-state index is 0.0363. The standard InChI is InChI=1S/C11H18ClN3O/c1-8-9(6-15(4)14-8)5-13-10(16)11(2,3)7-12/h6H,5,7H2,1-4H3,(H,13,16). The Morgan fingerprint density at radius 2 is 2.25 bits per heavy atom. The first kappa shape index (κ1) is 13.0. The number of hydrogen-bond acceptors (Lipinski definition) is 2. The topological polar surface area (TPSA) is 46.9 Å². The summed E-state index contributed by atoms with van der Waals surface area (Å²) < 4.78 is 1.74. The van der Waals surface area contributed by atoms with Gasteiger partial charge in [0, 0.05) is 31.2 Å². The summed E-state index contributed by atoms with van der Waals surface area (Å²) in [6.45, 7) is 6.07. The van der Waals surface area contributed by atoms with Crippen LogP contribution in [-0.2, 0) is 18.4 Å². The Morgan fingerprint density at radius 3 is 2.69 bits per heavy atom. The number of aryl methyl sites for hydroxylation is 2. The molecular weight excluding hydrogens is 226 g/mol. The third-order valence-electron chi connectivity index (χ3n) is 2.50. The van der Waals surface area contributed by atoms with E-state index >= 15 is 0 Å². The van der Waals surface area contributed by atoms with Crippen molar-refractivity contribution in [2.75, 3.05) is 5.88 Å². The lowest BCUT2D eigenvalue weighted by molar-refractivity contribution is -0.128. The molecule has 16 heavy (non-hydrogen) atoms. The van der Waals surface area contributed by atoms with Gasteiger partial charge in [-0.1, -0.05) is 0 Å². The zero-order chi connectivity index (χ0) is 12.3. The monoisotopic (exact) mass is 243 g/mol. The Kier molecular flexibility index (Phi) is 3.97. The fourth-order valence-electron chi connectivity index (χ4n) is 1.30. The summed E-state index contributed by atoms with van der Waals surface area (Å²) in [6.07, 6.45) is 1.91. The van der Waals surface area contributed by atoms with Gasteiger partial charge in [-0.15, -0.1) is 11.6 Å². The van der Waals surface area contributed by atoms with Crippen molar-refractivity contribution in [2.24, 2.45) is 12.5 Å². The van der Waals surface area contributed by atoms with Gasteiger partial charge in [-0.3, -0.25) is 9.48 Å². The molecule has 1 rings (SSSR count). The molecule has 0 saturated heterocycles. The molecule has 0 aliphatic heterocycles. The third kappa shape index (κ3) is 2.98. The first-order valence-corrected chi connectivity index (χ1v) is 5.73. The first-order chi connectivity index (χ1) is 7.36. The van der Waals surface area contributed by atoms with Crippen molar-refractivity contribution in [1.29, 1.82) is 0 Å². The van der Waals surface area contributed by atoms with E-state index in [1.807, 2.05) is 34.0 Å². The highest BCUT2D eigenvalue weighted by atomic mass is 35.5. The summed E-state index contributed by atoms with van der Waals surface area (Å²) in [5, 5.41) is 7.08. The zero-order valence-electron chi connectivity index (χ0n) is 10.2. The van der Waals surface area contributed by atoms with Gasteiger partial charge in [0.25, 0.3) is 0 Å². The molecule has 1 heterocycles. The predicted octanol–water partition coefficient (Wildman–Crippen LogP) is 1.61. The van der Waals surface area contributed by atoms with Crippen LogP contribution in [0.1, 0.15) is 25.1 Å². The van der Waals surface area contributed by atoms with Crippen molar-refractivity contribution in [3.8, 4) is 0 Å². The molecule has 0 atom stereocenters. The molecule has 0 bridgehead atoms. The van der Waals surface area contributed by atoms with Crippen LogP contribution in [0.4, 0.5) is 0 Å². The Labute approximate surface area is 101 Å². The van der Waals surface area contributed by atoms with E-state index in [4.69, 9.17) is 11.6 Å². The second-order valence-corrected chi connectivity index (χ2v) is 4.88. The lowest BCUT2D eigenvalue weighted by Crippen LogP contribution is -2.37. The van der Waals surface area contributed by atoms with Gasteiger partial charge in [0.05, 0.1) is 11.1 Å². The van der Waals surface area contributed by atoms with Crippen LogP contribution < -0.4 is 5.32 Å². The van der Waals surface area contributed by atoms with Crippen molar-refractivity contribution >= 4 is 17.5 Å². The van der Waals surface area contributed by atoms with Gasteiger partial charge in [-0.25, -0.2) is 0 Å². The molecule has 1 aromatic rings. The fraction of sp³-hybridized carbons (Fsp3) is 0.636. The average Bonchev–Trinajstić information content (AvgIpc) is 2.53. The highest BCUT2D eigenvalue weighted by molar-refractivity contribution is 6.19. The summed E-state index contributed by atoms with van der Waals surface area (Å²) in [7, 11) is 1.86. The smallest absolute Gasteiger partial charge is 0.227 e. The highest BCUT2D eigenvalue weighted by Crippen LogP contribution is 2.17. The molecule has 0 saturated carbocycles. The van der Waals surface area contributed by atoms with Crippen LogP contribution >= 0.6 is 11.6 Å². The van der Waals surface area contributed by atoms with Gasteiger partial charge in [-0.2, -0.15) is 5.10 Å². The Balaban J connectivity index is 2.59. The first-order valence-electron chi connectivity index (χ1n) is 5.20. The Morgan fingerprint density at radius 1 is 1.62 bits per heavy atom. The SMILES string of the molecule is Cc1nn(C)cc1CNC(=O)C(C)(C)CCl. The maximum atomic E-state index is 11.8. The third-order valence-corrected chi connectivity index (χ3v) is 3.17. The molecule has 0 fully saturated rings. The molecule has 0 radical (unpaired) electrons. The minimum atomic E-state index is -0.530. The number of hydrogen-bond donors (Lipinski definition) is 1. The molecule has 0 unspecified atom stereocenters. The normalized spacial score (nSPS) is 11.6. The van der Waals surface area contributed by atoms with Gasteiger partial charge in [0.15, 0.2) is 0 Å². The van der Waals surface area contributed by atoms with Crippen LogP contribution in [0.3, 0.4) is 0 Å². The summed E-state index contributed by atoms with van der Waals surface area (Å²) in [5.41, 5.74) is 1.44. The van der Waals surface area contributed by atoms with Gasteiger partial charge in [-0.05, 0) is 20.8 Å². The largest absolute Gasteiger partial charge is 0.351 e. The van der Waals surface area contributed by atoms with Crippen LogP contribution in [0.25, 0.3) is 0 Å². The molecule has 4 nitrogen and oxygen atoms in total. The van der Waals surface area contributed by atoms with E-state index in [1.165, 1.54) is 0 Å². The summed E-state index contributed by atoms with van der Waals surface area (Å²) in [6, 6.07) is 0. The second kappa shape index (κ2) is 4.87. The van der Waals surface area contributed by atoms with Gasteiger partial charge in [0.2, 0.25) is 5.91 Å². The van der Waals surface area contributed by atoms with Crippen molar-refractivity contribution in [3.63, 3.8) is 0 Å². The minimum Gasteiger partial charge on any atom is -0.351 e. The molecule has 0 spiro atoms. The number of alkyl halides is 1. The average molecular weight is 244 g/mol. The maximum Gasteiger partial charge on any atom is 0.227 e. The van der Waals surface area contributed by atoms with Crippen molar-refractivity contribution in [2.45, 2.75) is 27.3 Å². The van der Waals surface area contributed by atoms with E-state index < -0.39 is 5.41 Å². The molecule has 5 heteroatoms. The number of rotatable bonds is 4. The van der Waals surface area contributed by atoms with E-state index in [2.05, 4.69) is 10.4 Å². The number of amides is 1. The molecular formula is C11H18ClN3O. The van der Waals surface area contributed by atoms with Crippen LogP contribution in [0, 0.1) is 12.3 Å². The van der Waals surface area contributed by atoms with E-state index in [1.54, 1.807) is 4.68 Å². The van der Waals surface area contributed by atoms with Crippen LogP contribution in [-0.4, -0.2) is 21.6 Å². The van der Waals surface area contributed by atoms with Gasteiger partial charge >= 0.3 is 0 Å². The molecule has 1 N–H and O–H groups in total. The number of halogens is 1. The number of nitrogens with one attached hydrogen (secondary N) is 1.